The van der Waals surface area contributed by atoms with Crippen molar-refractivity contribution in [3.8, 4) is 0 Å². The lowest BCUT2D eigenvalue weighted by Crippen LogP contribution is -2.05. The fourth-order valence-electron chi connectivity index (χ4n) is 2.66. The molecule has 0 saturated heterocycles. The van der Waals surface area contributed by atoms with Crippen LogP contribution in [0.25, 0.3) is 0 Å². The quantitative estimate of drug-likeness (QED) is 0.395. The Balaban J connectivity index is 3.10. The Hall–Kier alpha value is -0.0400. The van der Waals surface area contributed by atoms with E-state index in [1.165, 1.54) is 83.5 Å². The molecule has 0 bridgehead atoms. The first kappa shape index (κ1) is 18.0. The van der Waals surface area contributed by atoms with Gasteiger partial charge in [0, 0.05) is 6.61 Å². The molecule has 110 valence electrons. The lowest BCUT2D eigenvalue weighted by molar-refractivity contribution is 0.206. The minimum Gasteiger partial charge on any atom is -0.396 e. The van der Waals surface area contributed by atoms with Crippen LogP contribution in [0.1, 0.15) is 97.3 Å². The van der Waals surface area contributed by atoms with E-state index in [1.807, 2.05) is 0 Å². The second kappa shape index (κ2) is 15.0. The SMILES string of the molecule is CCCCCCCCCCCC[C@@H](CO)CCC. The third-order valence-electron chi connectivity index (χ3n) is 3.92. The highest BCUT2D eigenvalue weighted by atomic mass is 16.3. The summed E-state index contributed by atoms with van der Waals surface area (Å²) in [6.07, 6.45) is 17.7. The van der Waals surface area contributed by atoms with Crippen LogP contribution < -0.4 is 0 Å². The molecule has 0 aliphatic carbocycles. The summed E-state index contributed by atoms with van der Waals surface area (Å²) in [5.74, 6) is 0.573. The van der Waals surface area contributed by atoms with Crippen molar-refractivity contribution in [2.24, 2.45) is 5.92 Å². The minimum atomic E-state index is 0.394. The lowest BCUT2D eigenvalue weighted by atomic mass is 9.97. The second-order valence-electron chi connectivity index (χ2n) is 5.81. The molecular formula is C17H36O. The van der Waals surface area contributed by atoms with Gasteiger partial charge in [-0.1, -0.05) is 84.5 Å². The Morgan fingerprint density at radius 1 is 0.611 bits per heavy atom. The molecule has 0 aliphatic heterocycles. The van der Waals surface area contributed by atoms with Gasteiger partial charge in [0.15, 0.2) is 0 Å². The number of aliphatic hydroxyl groups excluding tert-OH is 1. The average Bonchev–Trinajstić information content (AvgIpc) is 2.39. The molecule has 0 heterocycles. The zero-order valence-corrected chi connectivity index (χ0v) is 12.9. The monoisotopic (exact) mass is 256 g/mol. The fraction of sp³-hybridized carbons (Fsp3) is 1.00. The summed E-state index contributed by atoms with van der Waals surface area (Å²) in [5.41, 5.74) is 0. The molecule has 0 aromatic carbocycles. The molecule has 1 N–H and O–H groups in total. The zero-order valence-electron chi connectivity index (χ0n) is 12.9. The van der Waals surface area contributed by atoms with Gasteiger partial charge in [-0.25, -0.2) is 0 Å². The Morgan fingerprint density at radius 2 is 1.11 bits per heavy atom. The first-order valence-corrected chi connectivity index (χ1v) is 8.46. The number of rotatable bonds is 14. The molecule has 0 aromatic rings. The van der Waals surface area contributed by atoms with Crippen molar-refractivity contribution in [3.63, 3.8) is 0 Å². The topological polar surface area (TPSA) is 20.2 Å². The Morgan fingerprint density at radius 3 is 1.56 bits per heavy atom. The van der Waals surface area contributed by atoms with Crippen LogP contribution in [-0.4, -0.2) is 11.7 Å². The zero-order chi connectivity index (χ0) is 13.5. The van der Waals surface area contributed by atoms with Gasteiger partial charge in [-0.15, -0.1) is 0 Å². The van der Waals surface area contributed by atoms with E-state index in [4.69, 9.17) is 0 Å². The third kappa shape index (κ3) is 12.4. The molecule has 0 radical (unpaired) electrons. The van der Waals surface area contributed by atoms with E-state index in [1.54, 1.807) is 0 Å². The smallest absolute Gasteiger partial charge is 0.0459 e. The Bertz CT molecular complexity index is 145. The maximum Gasteiger partial charge on any atom is 0.0459 e. The van der Waals surface area contributed by atoms with E-state index < -0.39 is 0 Å². The van der Waals surface area contributed by atoms with E-state index in [9.17, 15) is 5.11 Å². The van der Waals surface area contributed by atoms with Crippen molar-refractivity contribution < 1.29 is 5.11 Å². The van der Waals surface area contributed by atoms with Crippen LogP contribution in [0.5, 0.6) is 0 Å². The maximum atomic E-state index is 9.20. The van der Waals surface area contributed by atoms with Crippen molar-refractivity contribution in [1.82, 2.24) is 0 Å². The molecule has 0 amide bonds. The van der Waals surface area contributed by atoms with E-state index in [2.05, 4.69) is 13.8 Å². The molecule has 0 rings (SSSR count). The number of hydrogen-bond donors (Lipinski definition) is 1. The van der Waals surface area contributed by atoms with Gasteiger partial charge in [0.25, 0.3) is 0 Å². The lowest BCUT2D eigenvalue weighted by Gasteiger charge is -2.12. The first-order chi connectivity index (χ1) is 8.85. The third-order valence-corrected chi connectivity index (χ3v) is 3.92. The molecule has 18 heavy (non-hydrogen) atoms. The maximum absolute atomic E-state index is 9.20. The van der Waals surface area contributed by atoms with Gasteiger partial charge in [0.05, 0.1) is 0 Å². The Kier molecular flexibility index (Phi) is 15.0. The van der Waals surface area contributed by atoms with E-state index in [-0.39, 0.29) is 0 Å². The van der Waals surface area contributed by atoms with Crippen molar-refractivity contribution in [2.45, 2.75) is 97.3 Å². The minimum absolute atomic E-state index is 0.394. The summed E-state index contributed by atoms with van der Waals surface area (Å²) in [6.45, 7) is 4.88. The van der Waals surface area contributed by atoms with Crippen LogP contribution in [0.4, 0.5) is 0 Å². The summed E-state index contributed by atoms with van der Waals surface area (Å²) in [4.78, 5) is 0. The summed E-state index contributed by atoms with van der Waals surface area (Å²) in [6, 6.07) is 0. The van der Waals surface area contributed by atoms with Crippen molar-refractivity contribution in [2.75, 3.05) is 6.61 Å². The van der Waals surface area contributed by atoms with E-state index in [0.717, 1.165) is 0 Å². The first-order valence-electron chi connectivity index (χ1n) is 8.46. The molecule has 0 spiro atoms. The summed E-state index contributed by atoms with van der Waals surface area (Å²) < 4.78 is 0. The molecular weight excluding hydrogens is 220 g/mol. The predicted molar refractivity (Wildman–Crippen MR) is 81.9 cm³/mol. The Labute approximate surface area is 115 Å². The number of hydrogen-bond acceptors (Lipinski definition) is 1. The molecule has 1 atom stereocenters. The van der Waals surface area contributed by atoms with Gasteiger partial charge in [-0.3, -0.25) is 0 Å². The van der Waals surface area contributed by atoms with Crippen molar-refractivity contribution in [3.05, 3.63) is 0 Å². The second-order valence-corrected chi connectivity index (χ2v) is 5.81. The number of aliphatic hydroxyl groups is 1. The summed E-state index contributed by atoms with van der Waals surface area (Å²) in [7, 11) is 0. The van der Waals surface area contributed by atoms with E-state index >= 15 is 0 Å². The predicted octanol–water partition coefficient (Wildman–Crippen LogP) is 5.71. The van der Waals surface area contributed by atoms with Gasteiger partial charge in [0.1, 0.15) is 0 Å². The number of unbranched alkanes of at least 4 members (excludes halogenated alkanes) is 9. The van der Waals surface area contributed by atoms with Crippen LogP contribution in [0.2, 0.25) is 0 Å². The van der Waals surface area contributed by atoms with Crippen LogP contribution in [0, 0.1) is 5.92 Å². The average molecular weight is 256 g/mol. The van der Waals surface area contributed by atoms with Gasteiger partial charge in [0.2, 0.25) is 0 Å². The fourth-order valence-corrected chi connectivity index (χ4v) is 2.66. The van der Waals surface area contributed by atoms with Gasteiger partial charge in [-0.05, 0) is 18.8 Å². The molecule has 0 unspecified atom stereocenters. The van der Waals surface area contributed by atoms with Gasteiger partial charge >= 0.3 is 0 Å². The van der Waals surface area contributed by atoms with Crippen LogP contribution in [0.15, 0.2) is 0 Å². The largest absolute Gasteiger partial charge is 0.396 e. The molecule has 1 heteroatoms. The van der Waals surface area contributed by atoms with Crippen LogP contribution in [-0.2, 0) is 0 Å². The van der Waals surface area contributed by atoms with E-state index in [0.29, 0.717) is 12.5 Å². The molecule has 0 fully saturated rings. The molecule has 0 saturated carbocycles. The van der Waals surface area contributed by atoms with Crippen LogP contribution >= 0.6 is 0 Å². The molecule has 0 aliphatic rings. The highest BCUT2D eigenvalue weighted by Gasteiger charge is 2.05. The molecule has 1 nitrogen and oxygen atoms in total. The summed E-state index contributed by atoms with van der Waals surface area (Å²) >= 11 is 0. The van der Waals surface area contributed by atoms with Crippen molar-refractivity contribution in [1.29, 1.82) is 0 Å². The highest BCUT2D eigenvalue weighted by Crippen LogP contribution is 2.16. The van der Waals surface area contributed by atoms with Gasteiger partial charge in [-0.2, -0.15) is 0 Å². The van der Waals surface area contributed by atoms with Crippen LogP contribution in [0.3, 0.4) is 0 Å². The molecule has 0 aromatic heterocycles. The van der Waals surface area contributed by atoms with Crippen molar-refractivity contribution >= 4 is 0 Å². The van der Waals surface area contributed by atoms with Gasteiger partial charge < -0.3 is 5.11 Å². The standard InChI is InChI=1S/C17H36O/c1-3-5-6-7-8-9-10-11-12-13-15-17(16-18)14-4-2/h17-18H,3-16H2,1-2H3/t17-/m0/s1. The normalized spacial score (nSPS) is 12.8. The highest BCUT2D eigenvalue weighted by molar-refractivity contribution is 4.57. The summed E-state index contributed by atoms with van der Waals surface area (Å²) in [5, 5.41) is 9.20.